The average Bonchev–Trinajstić information content (AvgIpc) is 3.06. The number of hydrogen-bond acceptors (Lipinski definition) is 4. The third-order valence-corrected chi connectivity index (χ3v) is 8.35. The van der Waals surface area contributed by atoms with Gasteiger partial charge in [0.2, 0.25) is 0 Å². The van der Waals surface area contributed by atoms with Crippen LogP contribution < -0.4 is 0 Å². The van der Waals surface area contributed by atoms with Crippen LogP contribution in [0.1, 0.15) is 66.4 Å². The molecular formula is C21H22FN3OS. The molecular weight excluding hydrogens is 361 g/mol. The summed E-state index contributed by atoms with van der Waals surface area (Å²) in [6, 6.07) is 6.55. The van der Waals surface area contributed by atoms with Crippen LogP contribution in [0, 0.1) is 23.6 Å². The molecule has 1 aromatic carbocycles. The Labute approximate surface area is 161 Å². The smallest absolute Gasteiger partial charge is 0.250 e. The van der Waals surface area contributed by atoms with Crippen molar-refractivity contribution < 1.29 is 9.18 Å². The Morgan fingerprint density at radius 1 is 1.11 bits per heavy atom. The number of hydrogen-bond donors (Lipinski definition) is 0. The van der Waals surface area contributed by atoms with Gasteiger partial charge >= 0.3 is 0 Å². The maximum atomic E-state index is 13.6. The van der Waals surface area contributed by atoms with Crippen molar-refractivity contribution in [1.29, 1.82) is 0 Å². The molecule has 27 heavy (non-hydrogen) atoms. The number of halogens is 1. The van der Waals surface area contributed by atoms with E-state index in [1.165, 1.54) is 55.3 Å². The molecule has 0 saturated heterocycles. The van der Waals surface area contributed by atoms with E-state index in [0.717, 1.165) is 29.1 Å². The minimum absolute atomic E-state index is 0.0264. The first-order valence-corrected chi connectivity index (χ1v) is 10.9. The molecule has 140 valence electrons. The molecule has 5 aliphatic rings. The first-order valence-electron chi connectivity index (χ1n) is 10.0. The Morgan fingerprint density at radius 3 is 2.48 bits per heavy atom. The van der Waals surface area contributed by atoms with Crippen LogP contribution in [0.15, 0.2) is 29.4 Å². The number of nitrogens with zero attached hydrogens (tertiary/aromatic N) is 3. The lowest BCUT2D eigenvalue weighted by Crippen LogP contribution is -2.49. The summed E-state index contributed by atoms with van der Waals surface area (Å²) < 4.78 is 15.1. The zero-order valence-electron chi connectivity index (χ0n) is 15.1. The minimum atomic E-state index is -0.262. The third-order valence-electron chi connectivity index (χ3n) is 7.15. The molecule has 1 aromatic heterocycles. The lowest BCUT2D eigenvalue weighted by Gasteiger charge is -2.55. The highest BCUT2D eigenvalue weighted by atomic mass is 32.2. The Balaban J connectivity index is 1.35. The summed E-state index contributed by atoms with van der Waals surface area (Å²) in [5.74, 6) is 3.07. The second-order valence-corrected chi connectivity index (χ2v) is 10.3. The quantitative estimate of drug-likeness (QED) is 0.750. The van der Waals surface area contributed by atoms with Crippen molar-refractivity contribution in [3.05, 3.63) is 41.5 Å². The zero-order chi connectivity index (χ0) is 18.2. The molecule has 0 unspecified atom stereocenters. The maximum absolute atomic E-state index is 13.6. The van der Waals surface area contributed by atoms with Crippen molar-refractivity contribution in [2.45, 2.75) is 60.8 Å². The van der Waals surface area contributed by atoms with Crippen molar-refractivity contribution in [2.24, 2.45) is 17.8 Å². The van der Waals surface area contributed by atoms with E-state index in [9.17, 15) is 9.18 Å². The second-order valence-electron chi connectivity index (χ2n) is 9.09. The lowest BCUT2D eigenvalue weighted by molar-refractivity contribution is -0.00944. The molecule has 2 aromatic rings. The Bertz CT molecular complexity index is 904. The number of thioether (sulfide) groups is 1. The molecule has 4 nitrogen and oxygen atoms in total. The van der Waals surface area contributed by atoms with Gasteiger partial charge in [0.15, 0.2) is 11.0 Å². The zero-order valence-corrected chi connectivity index (χ0v) is 15.9. The van der Waals surface area contributed by atoms with E-state index in [1.807, 2.05) is 6.07 Å². The summed E-state index contributed by atoms with van der Waals surface area (Å²) >= 11 is 1.55. The fraction of sp³-hybridized carbons (Fsp3) is 0.571. The van der Waals surface area contributed by atoms with Gasteiger partial charge in [0.1, 0.15) is 5.82 Å². The maximum Gasteiger partial charge on any atom is 0.250 e. The van der Waals surface area contributed by atoms with Crippen LogP contribution in [-0.2, 0) is 5.41 Å². The van der Waals surface area contributed by atoms with Crippen molar-refractivity contribution in [1.82, 2.24) is 14.8 Å². The van der Waals surface area contributed by atoms with Gasteiger partial charge in [0.05, 0.1) is 0 Å². The van der Waals surface area contributed by atoms with Gasteiger partial charge in [-0.15, -0.1) is 5.10 Å². The van der Waals surface area contributed by atoms with Crippen LogP contribution in [-0.4, -0.2) is 20.7 Å². The van der Waals surface area contributed by atoms with Gasteiger partial charge in [0, 0.05) is 17.1 Å². The molecule has 4 saturated carbocycles. The highest BCUT2D eigenvalue weighted by molar-refractivity contribution is 7.99. The third kappa shape index (κ3) is 2.52. The van der Waals surface area contributed by atoms with Crippen LogP contribution in [0.3, 0.4) is 0 Å². The summed E-state index contributed by atoms with van der Waals surface area (Å²) in [5, 5.41) is 5.33. The van der Waals surface area contributed by atoms with Crippen LogP contribution >= 0.6 is 11.8 Å². The van der Waals surface area contributed by atoms with E-state index in [0.29, 0.717) is 11.6 Å². The number of rotatable bonds is 2. The Kier molecular flexibility index (Phi) is 3.41. The van der Waals surface area contributed by atoms with E-state index in [-0.39, 0.29) is 22.4 Å². The molecule has 1 atom stereocenters. The standard InChI is InChI=1S/C21H22FN3OS/c22-16-3-1-2-15(7-16)17-8-18(26)25-20(27-17)23-19(24-25)21-9-12-4-13(10-21)6-14(5-12)11-21/h1-3,7,12-14,17H,4-6,8-11H2/t12?,13?,14?,17-,21?/m1/s1. The van der Waals surface area contributed by atoms with Gasteiger partial charge in [-0.3, -0.25) is 4.79 Å². The largest absolute Gasteiger partial charge is 0.272 e. The van der Waals surface area contributed by atoms with Gasteiger partial charge in [-0.05, 0) is 74.0 Å². The topological polar surface area (TPSA) is 47.8 Å². The van der Waals surface area contributed by atoms with Crippen molar-refractivity contribution in [3.8, 4) is 0 Å². The van der Waals surface area contributed by atoms with E-state index in [4.69, 9.17) is 10.1 Å². The first-order chi connectivity index (χ1) is 13.1. The van der Waals surface area contributed by atoms with Crippen molar-refractivity contribution in [3.63, 3.8) is 0 Å². The van der Waals surface area contributed by atoms with E-state index in [1.54, 1.807) is 17.8 Å². The fourth-order valence-corrected chi connectivity index (χ4v) is 7.60. The number of aromatic nitrogens is 3. The van der Waals surface area contributed by atoms with Gasteiger partial charge in [-0.1, -0.05) is 23.9 Å². The summed E-state index contributed by atoms with van der Waals surface area (Å²) in [4.78, 5) is 17.6. The monoisotopic (exact) mass is 383 g/mol. The normalized spacial score (nSPS) is 36.9. The molecule has 2 heterocycles. The van der Waals surface area contributed by atoms with Crippen LogP contribution in [0.25, 0.3) is 0 Å². The van der Waals surface area contributed by atoms with Crippen LogP contribution in [0.5, 0.6) is 0 Å². The first kappa shape index (κ1) is 16.3. The molecule has 4 bridgehead atoms. The molecule has 0 N–H and O–H groups in total. The van der Waals surface area contributed by atoms with Crippen molar-refractivity contribution >= 4 is 17.7 Å². The Morgan fingerprint density at radius 2 is 1.81 bits per heavy atom. The molecule has 4 fully saturated rings. The molecule has 6 heteroatoms. The molecule has 0 spiro atoms. The number of benzene rings is 1. The summed E-state index contributed by atoms with van der Waals surface area (Å²) in [6.07, 6.45) is 8.04. The Hall–Kier alpha value is -1.69. The summed E-state index contributed by atoms with van der Waals surface area (Å²) in [6.45, 7) is 0. The SMILES string of the molecule is O=C1C[C@H](c2cccc(F)c2)Sc2nc(C34CC5CC(CC(C5)C3)C4)nn21. The van der Waals surface area contributed by atoms with Crippen LogP contribution in [0.2, 0.25) is 0 Å². The molecule has 4 aliphatic carbocycles. The van der Waals surface area contributed by atoms with E-state index in [2.05, 4.69) is 0 Å². The lowest BCUT2D eigenvalue weighted by atomic mass is 9.49. The van der Waals surface area contributed by atoms with Gasteiger partial charge in [-0.2, -0.15) is 4.68 Å². The predicted molar refractivity (Wildman–Crippen MR) is 100 cm³/mol. The van der Waals surface area contributed by atoms with Crippen LogP contribution in [0.4, 0.5) is 4.39 Å². The highest BCUT2D eigenvalue weighted by Gasteiger charge is 2.54. The van der Waals surface area contributed by atoms with E-state index >= 15 is 0 Å². The minimum Gasteiger partial charge on any atom is -0.272 e. The number of carbonyl (C=O) groups is 1. The summed E-state index contributed by atoms with van der Waals surface area (Å²) in [5.41, 5.74) is 0.938. The number of carbonyl (C=O) groups excluding carboxylic acids is 1. The number of fused-ring (bicyclic) bond motifs is 1. The molecule has 1 aliphatic heterocycles. The van der Waals surface area contributed by atoms with E-state index < -0.39 is 0 Å². The van der Waals surface area contributed by atoms with Gasteiger partial charge in [-0.25, -0.2) is 9.37 Å². The predicted octanol–water partition coefficient (Wildman–Crippen LogP) is 4.76. The summed E-state index contributed by atoms with van der Waals surface area (Å²) in [7, 11) is 0. The molecule has 0 amide bonds. The molecule has 0 radical (unpaired) electrons. The second kappa shape index (κ2) is 5.66. The average molecular weight is 383 g/mol. The highest BCUT2D eigenvalue weighted by Crippen LogP contribution is 2.60. The van der Waals surface area contributed by atoms with Gasteiger partial charge in [0.25, 0.3) is 5.91 Å². The fourth-order valence-electron chi connectivity index (χ4n) is 6.45. The van der Waals surface area contributed by atoms with Gasteiger partial charge < -0.3 is 0 Å². The molecule has 7 rings (SSSR count). The van der Waals surface area contributed by atoms with Crippen molar-refractivity contribution in [2.75, 3.05) is 0 Å².